The fourth-order valence-electron chi connectivity index (χ4n) is 2.75. The molecule has 1 fully saturated rings. The van der Waals surface area contributed by atoms with Crippen molar-refractivity contribution in [3.63, 3.8) is 0 Å². The van der Waals surface area contributed by atoms with Crippen molar-refractivity contribution < 1.29 is 13.3 Å². The van der Waals surface area contributed by atoms with Gasteiger partial charge in [0, 0.05) is 38.0 Å². The van der Waals surface area contributed by atoms with Gasteiger partial charge in [0.15, 0.2) is 0 Å². The summed E-state index contributed by atoms with van der Waals surface area (Å²) in [7, 11) is -2.45. The molecule has 1 saturated heterocycles. The molecule has 2 rings (SSSR count). The van der Waals surface area contributed by atoms with E-state index in [1.807, 2.05) is 13.8 Å². The van der Waals surface area contributed by atoms with Crippen molar-refractivity contribution in [3.05, 3.63) is 30.3 Å². The summed E-state index contributed by atoms with van der Waals surface area (Å²) in [5.41, 5.74) is 1.27. The van der Waals surface area contributed by atoms with Crippen LogP contribution in [0, 0.1) is 0 Å². The first kappa shape index (κ1) is 16.5. The lowest BCUT2D eigenvalue weighted by Gasteiger charge is -2.29. The van der Waals surface area contributed by atoms with Gasteiger partial charge in [0.05, 0.1) is 6.61 Å². The molecule has 0 saturated carbocycles. The molecule has 5 heteroatoms. The second-order valence-corrected chi connectivity index (χ2v) is 7.91. The van der Waals surface area contributed by atoms with Crippen LogP contribution in [0.5, 0.6) is 0 Å². The van der Waals surface area contributed by atoms with Crippen molar-refractivity contribution in [1.82, 2.24) is 0 Å². The number of hydrogen-bond acceptors (Lipinski definition) is 4. The maximum atomic E-state index is 6.14. The normalized spacial score (nSPS) is 19.6. The largest absolute Gasteiger partial charge is 0.500 e. The molecule has 0 radical (unpaired) electrons. The summed E-state index contributed by atoms with van der Waals surface area (Å²) in [4.78, 5) is 2.39. The van der Waals surface area contributed by atoms with E-state index in [1.165, 1.54) is 5.69 Å². The first-order valence-corrected chi connectivity index (χ1v) is 9.94. The SMILES string of the molecule is CCO[Si]1(OCC)CCCCN(c2ccccc2)CCO1. The number of benzene rings is 1. The zero-order valence-corrected chi connectivity index (χ0v) is 14.2. The Hall–Kier alpha value is -0.883. The number of anilines is 1. The second kappa shape index (κ2) is 8.53. The van der Waals surface area contributed by atoms with Gasteiger partial charge >= 0.3 is 8.80 Å². The van der Waals surface area contributed by atoms with Crippen LogP contribution in [0.3, 0.4) is 0 Å². The van der Waals surface area contributed by atoms with Crippen LogP contribution in [0.25, 0.3) is 0 Å². The fourth-order valence-corrected chi connectivity index (χ4v) is 5.39. The van der Waals surface area contributed by atoms with E-state index in [1.54, 1.807) is 0 Å². The van der Waals surface area contributed by atoms with Gasteiger partial charge in [-0.2, -0.15) is 0 Å². The lowest BCUT2D eigenvalue weighted by atomic mass is 10.2. The molecule has 1 aromatic rings. The molecule has 4 nitrogen and oxygen atoms in total. The Morgan fingerprint density at radius 3 is 2.43 bits per heavy atom. The third-order valence-electron chi connectivity index (χ3n) is 3.69. The summed E-state index contributed by atoms with van der Waals surface area (Å²) in [5, 5.41) is 0. The summed E-state index contributed by atoms with van der Waals surface area (Å²) in [5.74, 6) is 0. The Bertz CT molecular complexity index is 396. The lowest BCUT2D eigenvalue weighted by molar-refractivity contribution is 0.0697. The van der Waals surface area contributed by atoms with E-state index in [0.717, 1.165) is 32.0 Å². The summed E-state index contributed by atoms with van der Waals surface area (Å²) in [6.07, 6.45) is 2.24. The van der Waals surface area contributed by atoms with E-state index in [0.29, 0.717) is 19.8 Å². The minimum Gasteiger partial charge on any atom is -0.374 e. The van der Waals surface area contributed by atoms with Crippen LogP contribution in [0.1, 0.15) is 26.7 Å². The Morgan fingerprint density at radius 2 is 1.76 bits per heavy atom. The van der Waals surface area contributed by atoms with E-state index in [2.05, 4.69) is 35.2 Å². The van der Waals surface area contributed by atoms with E-state index >= 15 is 0 Å². The molecular formula is C16H27NO3Si. The first-order chi connectivity index (χ1) is 10.3. The molecule has 0 spiro atoms. The third-order valence-corrected chi connectivity index (χ3v) is 6.76. The quantitative estimate of drug-likeness (QED) is 0.781. The summed E-state index contributed by atoms with van der Waals surface area (Å²) in [6.45, 7) is 7.97. The van der Waals surface area contributed by atoms with Gasteiger partial charge in [-0.1, -0.05) is 18.2 Å². The zero-order valence-electron chi connectivity index (χ0n) is 13.2. The Kier molecular flexibility index (Phi) is 6.70. The minimum atomic E-state index is -2.45. The van der Waals surface area contributed by atoms with E-state index in [9.17, 15) is 0 Å². The molecule has 1 aromatic carbocycles. The summed E-state index contributed by atoms with van der Waals surface area (Å²) in [6, 6.07) is 11.5. The topological polar surface area (TPSA) is 30.9 Å². The second-order valence-electron chi connectivity index (χ2n) is 5.18. The van der Waals surface area contributed by atoms with Crippen molar-refractivity contribution in [3.8, 4) is 0 Å². The van der Waals surface area contributed by atoms with Gasteiger partial charge in [0.25, 0.3) is 0 Å². The average molecular weight is 309 g/mol. The highest BCUT2D eigenvalue weighted by Gasteiger charge is 2.40. The molecule has 1 aliphatic heterocycles. The van der Waals surface area contributed by atoms with Crippen molar-refractivity contribution in [2.75, 3.05) is 37.8 Å². The molecule has 1 heterocycles. The minimum absolute atomic E-state index is 0.661. The van der Waals surface area contributed by atoms with Crippen LogP contribution in [0.4, 0.5) is 5.69 Å². The molecule has 0 aliphatic carbocycles. The van der Waals surface area contributed by atoms with Crippen LogP contribution in [0.2, 0.25) is 6.04 Å². The van der Waals surface area contributed by atoms with Crippen molar-refractivity contribution in [2.24, 2.45) is 0 Å². The molecule has 0 bridgehead atoms. The molecule has 21 heavy (non-hydrogen) atoms. The average Bonchev–Trinajstić information content (AvgIpc) is 2.60. The standard InChI is InChI=1S/C16H27NO3Si/c1-3-18-21(19-4-2)15-9-8-12-17(13-14-20-21)16-10-6-5-7-11-16/h5-7,10-11H,3-4,8-9,12-15H2,1-2H3. The Balaban J connectivity index is 2.01. The maximum absolute atomic E-state index is 6.14. The zero-order chi connectivity index (χ0) is 15.0. The van der Waals surface area contributed by atoms with E-state index in [-0.39, 0.29) is 0 Å². The van der Waals surface area contributed by atoms with Gasteiger partial charge in [0.1, 0.15) is 0 Å². The van der Waals surface area contributed by atoms with Crippen LogP contribution < -0.4 is 4.90 Å². The molecular weight excluding hydrogens is 282 g/mol. The summed E-state index contributed by atoms with van der Waals surface area (Å²) >= 11 is 0. The highest BCUT2D eigenvalue weighted by Crippen LogP contribution is 2.23. The predicted molar refractivity (Wildman–Crippen MR) is 87.7 cm³/mol. The van der Waals surface area contributed by atoms with Gasteiger partial charge in [0.2, 0.25) is 0 Å². The van der Waals surface area contributed by atoms with E-state index in [4.69, 9.17) is 13.3 Å². The van der Waals surface area contributed by atoms with Crippen molar-refractivity contribution in [1.29, 1.82) is 0 Å². The van der Waals surface area contributed by atoms with Gasteiger partial charge in [-0.05, 0) is 38.8 Å². The molecule has 1 aliphatic rings. The van der Waals surface area contributed by atoms with Crippen LogP contribution >= 0.6 is 0 Å². The molecule has 0 N–H and O–H groups in total. The number of hydrogen-bond donors (Lipinski definition) is 0. The van der Waals surface area contributed by atoms with Gasteiger partial charge in [-0.25, -0.2) is 0 Å². The molecule has 0 aromatic heterocycles. The molecule has 0 amide bonds. The Labute approximate surface area is 129 Å². The van der Waals surface area contributed by atoms with Crippen molar-refractivity contribution in [2.45, 2.75) is 32.7 Å². The van der Waals surface area contributed by atoms with E-state index < -0.39 is 8.80 Å². The van der Waals surface area contributed by atoms with Crippen LogP contribution in [-0.4, -0.2) is 41.7 Å². The summed E-state index contributed by atoms with van der Waals surface area (Å²) < 4.78 is 18.0. The molecule has 0 atom stereocenters. The lowest BCUT2D eigenvalue weighted by Crippen LogP contribution is -2.46. The Morgan fingerprint density at radius 1 is 1.05 bits per heavy atom. The van der Waals surface area contributed by atoms with Crippen LogP contribution in [0.15, 0.2) is 30.3 Å². The van der Waals surface area contributed by atoms with Gasteiger partial charge in [-0.15, -0.1) is 0 Å². The van der Waals surface area contributed by atoms with Gasteiger partial charge < -0.3 is 18.2 Å². The molecule has 0 unspecified atom stereocenters. The first-order valence-electron chi connectivity index (χ1n) is 8.01. The third kappa shape index (κ3) is 4.81. The predicted octanol–water partition coefficient (Wildman–Crippen LogP) is 3.32. The fraction of sp³-hybridized carbons (Fsp3) is 0.625. The van der Waals surface area contributed by atoms with Crippen molar-refractivity contribution >= 4 is 14.5 Å². The number of para-hydroxylation sites is 1. The highest BCUT2D eigenvalue weighted by atomic mass is 28.4. The van der Waals surface area contributed by atoms with Crippen LogP contribution in [-0.2, 0) is 13.3 Å². The number of nitrogens with zero attached hydrogens (tertiary/aromatic N) is 1. The monoisotopic (exact) mass is 309 g/mol. The number of rotatable bonds is 5. The highest BCUT2D eigenvalue weighted by molar-refractivity contribution is 6.60. The molecule has 118 valence electrons. The van der Waals surface area contributed by atoms with Gasteiger partial charge in [-0.3, -0.25) is 0 Å². The smallest absolute Gasteiger partial charge is 0.374 e. The maximum Gasteiger partial charge on any atom is 0.500 e.